The zero-order valence-corrected chi connectivity index (χ0v) is 28.2. The van der Waals surface area contributed by atoms with Gasteiger partial charge >= 0.3 is 0 Å². The first-order valence-electron chi connectivity index (χ1n) is 16.1. The first kappa shape index (κ1) is 33.4. The number of hydrogen-bond acceptors (Lipinski definition) is 7. The van der Waals surface area contributed by atoms with Crippen molar-refractivity contribution < 1.29 is 33.3 Å². The van der Waals surface area contributed by atoms with Gasteiger partial charge in [-0.15, -0.1) is 0 Å². The lowest BCUT2D eigenvalue weighted by atomic mass is 9.82. The van der Waals surface area contributed by atoms with Crippen LogP contribution in [0.25, 0.3) is 0 Å². The van der Waals surface area contributed by atoms with E-state index in [2.05, 4.69) is 0 Å². The minimum absolute atomic E-state index is 0.0452. The maximum absolute atomic E-state index is 16.3. The van der Waals surface area contributed by atoms with Crippen LogP contribution >= 0.6 is 0 Å². The molecule has 1 spiro atoms. The van der Waals surface area contributed by atoms with Crippen LogP contribution in [0.3, 0.4) is 0 Å². The standard InChI is InChI=1S/C35H39FN4O7Si/c1-23-33(48(2,3)36)30(20-32(43)37(17-18-41)21-24-7-5-4-6-8-24)47-35(23)28-19-27(40(45)46)13-14-29(28)39(34(35)44)22-25-9-11-26(12-10-25)38-16-15-31(38)42/h4-14,19,23,30,33,41H,15-18,20-22H2,1-3H3/t23-,30+,33-,35+/m1/s1. The molecule has 3 aliphatic rings. The normalized spacial score (nSPS) is 23.4. The molecule has 3 amide bonds. The second-order valence-electron chi connectivity index (χ2n) is 13.3. The van der Waals surface area contributed by atoms with E-state index >= 15 is 4.11 Å². The summed E-state index contributed by atoms with van der Waals surface area (Å²) >= 11 is 0. The fourth-order valence-corrected chi connectivity index (χ4v) is 10.1. The number of amides is 3. The third-order valence-corrected chi connectivity index (χ3v) is 12.4. The number of nitro groups is 1. The molecule has 0 aliphatic carbocycles. The number of nitro benzene ring substituents is 1. The van der Waals surface area contributed by atoms with Gasteiger partial charge in [-0.2, -0.15) is 0 Å². The SMILES string of the molecule is C[C@@H]1[C@@H]([Si](C)(C)F)[C@H](CC(=O)N(CCO)Cc2ccccc2)O[C@@]12C(=O)N(Cc1ccc(N3CCC3=O)cc1)c1ccc([N+](=O)[O-])cc12. The van der Waals surface area contributed by atoms with Gasteiger partial charge in [0, 0.05) is 60.9 Å². The fraction of sp³-hybridized carbons (Fsp3) is 0.400. The summed E-state index contributed by atoms with van der Waals surface area (Å²) < 4.78 is 23.0. The number of fused-ring (bicyclic) bond motifs is 2. The highest BCUT2D eigenvalue weighted by molar-refractivity contribution is 6.72. The Kier molecular flexibility index (Phi) is 8.96. The van der Waals surface area contributed by atoms with Crippen molar-refractivity contribution in [3.63, 3.8) is 0 Å². The number of carbonyl (C=O) groups excluding carboxylic acids is 3. The van der Waals surface area contributed by atoms with E-state index in [1.807, 2.05) is 54.6 Å². The van der Waals surface area contributed by atoms with Crippen molar-refractivity contribution in [1.29, 1.82) is 0 Å². The number of ether oxygens (including phenoxy) is 1. The third-order valence-electron chi connectivity index (χ3n) is 9.91. The van der Waals surface area contributed by atoms with Crippen molar-refractivity contribution in [2.24, 2.45) is 5.92 Å². The zero-order valence-electron chi connectivity index (χ0n) is 27.2. The highest BCUT2D eigenvalue weighted by Gasteiger charge is 2.67. The Bertz CT molecular complexity index is 1730. The zero-order chi connectivity index (χ0) is 34.4. The molecule has 3 heterocycles. The van der Waals surface area contributed by atoms with E-state index in [4.69, 9.17) is 4.74 Å². The van der Waals surface area contributed by atoms with E-state index in [9.17, 15) is 29.6 Å². The van der Waals surface area contributed by atoms with E-state index in [1.54, 1.807) is 11.8 Å². The number of aliphatic hydroxyl groups excluding tert-OH is 1. The van der Waals surface area contributed by atoms with Gasteiger partial charge in [-0.25, -0.2) is 0 Å². The molecule has 13 heteroatoms. The molecule has 1 N–H and O–H groups in total. The Balaban J connectivity index is 1.35. The van der Waals surface area contributed by atoms with E-state index < -0.39 is 42.4 Å². The Morgan fingerprint density at radius 1 is 1.10 bits per heavy atom. The van der Waals surface area contributed by atoms with Gasteiger partial charge in [-0.1, -0.05) is 49.4 Å². The number of benzene rings is 3. The minimum atomic E-state index is -3.62. The van der Waals surface area contributed by atoms with E-state index in [0.29, 0.717) is 18.7 Å². The maximum atomic E-state index is 16.3. The molecular formula is C35H39FN4O7Si. The topological polar surface area (TPSA) is 134 Å². The average molecular weight is 675 g/mol. The molecule has 48 heavy (non-hydrogen) atoms. The molecule has 6 rings (SSSR count). The van der Waals surface area contributed by atoms with Crippen LogP contribution in [0.4, 0.5) is 21.2 Å². The van der Waals surface area contributed by atoms with Gasteiger partial charge < -0.3 is 28.7 Å². The van der Waals surface area contributed by atoms with Crippen LogP contribution in [0.15, 0.2) is 72.8 Å². The van der Waals surface area contributed by atoms with Gasteiger partial charge in [0.05, 0.1) is 36.3 Å². The Labute approximate surface area is 279 Å². The van der Waals surface area contributed by atoms with Crippen molar-refractivity contribution in [3.05, 3.63) is 99.6 Å². The summed E-state index contributed by atoms with van der Waals surface area (Å²) in [7, 11) is -3.62. The summed E-state index contributed by atoms with van der Waals surface area (Å²) in [6.07, 6.45) is -0.704. The van der Waals surface area contributed by atoms with Gasteiger partial charge in [-0.3, -0.25) is 24.5 Å². The van der Waals surface area contributed by atoms with Crippen LogP contribution in [-0.2, 0) is 37.8 Å². The Hall–Kier alpha value is -4.46. The van der Waals surface area contributed by atoms with Crippen LogP contribution in [0, 0.1) is 16.0 Å². The highest BCUT2D eigenvalue weighted by atomic mass is 28.4. The van der Waals surface area contributed by atoms with Crippen molar-refractivity contribution in [2.45, 2.75) is 63.2 Å². The smallest absolute Gasteiger partial charge is 0.269 e. The molecule has 0 saturated carbocycles. The first-order chi connectivity index (χ1) is 22.8. The summed E-state index contributed by atoms with van der Waals surface area (Å²) in [5, 5.41) is 21.7. The molecule has 4 atom stereocenters. The summed E-state index contributed by atoms with van der Waals surface area (Å²) in [6, 6.07) is 20.8. The molecule has 252 valence electrons. The molecule has 0 aromatic heterocycles. The van der Waals surface area contributed by atoms with Crippen molar-refractivity contribution in [1.82, 2.24) is 4.90 Å². The number of halogens is 1. The molecule has 0 bridgehead atoms. The van der Waals surface area contributed by atoms with Gasteiger partial charge in [0.1, 0.15) is 0 Å². The quantitative estimate of drug-likeness (QED) is 0.0988. The summed E-state index contributed by atoms with van der Waals surface area (Å²) in [4.78, 5) is 56.4. The molecule has 2 saturated heterocycles. The van der Waals surface area contributed by atoms with Gasteiger partial charge in [0.25, 0.3) is 11.6 Å². The number of aliphatic hydroxyl groups is 1. The lowest BCUT2D eigenvalue weighted by molar-refractivity contribution is -0.385. The monoisotopic (exact) mass is 674 g/mol. The van der Waals surface area contributed by atoms with Crippen LogP contribution in [0.2, 0.25) is 18.6 Å². The van der Waals surface area contributed by atoms with Crippen LogP contribution < -0.4 is 9.80 Å². The number of hydrogen-bond donors (Lipinski definition) is 1. The Morgan fingerprint density at radius 3 is 2.40 bits per heavy atom. The predicted molar refractivity (Wildman–Crippen MR) is 179 cm³/mol. The van der Waals surface area contributed by atoms with E-state index in [1.165, 1.54) is 41.1 Å². The lowest BCUT2D eigenvalue weighted by Crippen LogP contribution is -2.45. The Morgan fingerprint density at radius 2 is 1.81 bits per heavy atom. The molecule has 3 aromatic rings. The number of carbonyl (C=O) groups is 3. The molecule has 0 radical (unpaired) electrons. The van der Waals surface area contributed by atoms with E-state index in [-0.39, 0.29) is 55.7 Å². The van der Waals surface area contributed by atoms with Crippen molar-refractivity contribution >= 4 is 43.2 Å². The number of anilines is 2. The number of non-ortho nitro benzene ring substituents is 1. The molecule has 3 aromatic carbocycles. The first-order valence-corrected chi connectivity index (χ1v) is 19.1. The van der Waals surface area contributed by atoms with Gasteiger partial charge in [0.2, 0.25) is 20.2 Å². The third kappa shape index (κ3) is 5.90. The number of β-lactam (4-membered cyclic amide) rings is 1. The summed E-state index contributed by atoms with van der Waals surface area (Å²) in [5.74, 6) is -1.53. The molecule has 11 nitrogen and oxygen atoms in total. The second-order valence-corrected chi connectivity index (χ2v) is 17.1. The number of rotatable bonds is 11. The summed E-state index contributed by atoms with van der Waals surface area (Å²) in [6.45, 7) is 5.59. The second kappa shape index (κ2) is 12.9. The van der Waals surface area contributed by atoms with Gasteiger partial charge in [-0.05, 0) is 42.4 Å². The molecular weight excluding hydrogens is 635 g/mol. The van der Waals surface area contributed by atoms with Gasteiger partial charge in [0.15, 0.2) is 5.60 Å². The van der Waals surface area contributed by atoms with Crippen LogP contribution in [-0.4, -0.2) is 66.9 Å². The van der Waals surface area contributed by atoms with E-state index in [0.717, 1.165) is 16.8 Å². The molecule has 2 fully saturated rings. The molecule has 3 aliphatic heterocycles. The fourth-order valence-electron chi connectivity index (χ4n) is 7.58. The van der Waals surface area contributed by atoms with Crippen LogP contribution in [0.1, 0.15) is 36.5 Å². The highest BCUT2D eigenvalue weighted by Crippen LogP contribution is 2.60. The largest absolute Gasteiger partial charge is 0.395 e. The molecule has 0 unspecified atom stereocenters. The number of nitrogens with zero attached hydrogens (tertiary/aromatic N) is 4. The van der Waals surface area contributed by atoms with Crippen LogP contribution in [0.5, 0.6) is 0 Å². The minimum Gasteiger partial charge on any atom is -0.395 e. The summed E-state index contributed by atoms with van der Waals surface area (Å²) in [5.41, 5.74) is 0.317. The lowest BCUT2D eigenvalue weighted by Gasteiger charge is -2.31. The average Bonchev–Trinajstić information content (AvgIpc) is 3.47. The maximum Gasteiger partial charge on any atom is 0.269 e. The van der Waals surface area contributed by atoms with Crippen molar-refractivity contribution in [3.8, 4) is 0 Å². The predicted octanol–water partition coefficient (Wildman–Crippen LogP) is 5.06. The van der Waals surface area contributed by atoms with Crippen molar-refractivity contribution in [2.75, 3.05) is 29.5 Å².